The topological polar surface area (TPSA) is 85.4 Å². The number of benzene rings is 2. The van der Waals surface area contributed by atoms with Gasteiger partial charge in [-0.25, -0.2) is 8.42 Å². The Balaban J connectivity index is 1.49. The van der Waals surface area contributed by atoms with Gasteiger partial charge in [0.2, 0.25) is 10.0 Å². The number of methoxy groups -OCH3 is 3. The molecule has 9 heteroatoms. The van der Waals surface area contributed by atoms with Crippen LogP contribution in [0.2, 0.25) is 0 Å². The van der Waals surface area contributed by atoms with Gasteiger partial charge in [-0.05, 0) is 48.9 Å². The van der Waals surface area contributed by atoms with Crippen molar-refractivity contribution >= 4 is 15.9 Å². The highest BCUT2D eigenvalue weighted by Gasteiger charge is 2.32. The van der Waals surface area contributed by atoms with E-state index >= 15 is 0 Å². The lowest BCUT2D eigenvalue weighted by Gasteiger charge is -2.34. The van der Waals surface area contributed by atoms with E-state index in [0.717, 1.165) is 31.2 Å². The molecule has 0 bridgehead atoms. The Morgan fingerprint density at radius 1 is 0.788 bits per heavy atom. The Labute approximate surface area is 195 Å². The van der Waals surface area contributed by atoms with Crippen molar-refractivity contribution < 1.29 is 27.4 Å². The molecule has 0 saturated carbocycles. The van der Waals surface area contributed by atoms with Gasteiger partial charge in [0.1, 0.15) is 5.75 Å². The number of hydrogen-bond acceptors (Lipinski definition) is 6. The molecule has 0 N–H and O–H groups in total. The van der Waals surface area contributed by atoms with Crippen molar-refractivity contribution in [3.05, 3.63) is 47.0 Å². The highest BCUT2D eigenvalue weighted by atomic mass is 32.2. The fourth-order valence-electron chi connectivity index (χ4n) is 4.52. The number of carbonyl (C=O) groups excluding carboxylic acids is 1. The molecule has 0 unspecified atom stereocenters. The van der Waals surface area contributed by atoms with Crippen LogP contribution in [0.5, 0.6) is 17.2 Å². The lowest BCUT2D eigenvalue weighted by molar-refractivity contribution is 0.0694. The summed E-state index contributed by atoms with van der Waals surface area (Å²) in [7, 11) is 0.897. The first kappa shape index (κ1) is 23.4. The van der Waals surface area contributed by atoms with Crippen LogP contribution in [0.3, 0.4) is 0 Å². The van der Waals surface area contributed by atoms with Crippen molar-refractivity contribution in [2.75, 3.05) is 47.5 Å². The molecule has 1 amide bonds. The molecular formula is C24H30N2O6S. The molecule has 4 rings (SSSR count). The number of piperazine rings is 1. The molecule has 2 aromatic rings. The van der Waals surface area contributed by atoms with Crippen LogP contribution in [0.4, 0.5) is 0 Å². The largest absolute Gasteiger partial charge is 0.496 e. The Morgan fingerprint density at radius 2 is 1.39 bits per heavy atom. The van der Waals surface area contributed by atoms with Gasteiger partial charge in [-0.1, -0.05) is 6.07 Å². The molecule has 1 saturated heterocycles. The molecular weight excluding hydrogens is 444 g/mol. The summed E-state index contributed by atoms with van der Waals surface area (Å²) in [5.41, 5.74) is 2.73. The van der Waals surface area contributed by atoms with Crippen molar-refractivity contribution in [3.63, 3.8) is 0 Å². The van der Waals surface area contributed by atoms with Crippen LogP contribution in [0, 0.1) is 0 Å². The highest BCUT2D eigenvalue weighted by Crippen LogP contribution is 2.35. The van der Waals surface area contributed by atoms with Gasteiger partial charge in [0.05, 0.1) is 31.8 Å². The molecule has 0 radical (unpaired) electrons. The average molecular weight is 475 g/mol. The number of fused-ring (bicyclic) bond motifs is 1. The van der Waals surface area contributed by atoms with Gasteiger partial charge >= 0.3 is 0 Å². The summed E-state index contributed by atoms with van der Waals surface area (Å²) in [5, 5.41) is 0. The summed E-state index contributed by atoms with van der Waals surface area (Å²) in [5.74, 6) is 1.03. The molecule has 8 nitrogen and oxygen atoms in total. The van der Waals surface area contributed by atoms with E-state index in [1.807, 2.05) is 12.1 Å². The normalized spacial score (nSPS) is 16.8. The Morgan fingerprint density at radius 3 is 2.03 bits per heavy atom. The predicted molar refractivity (Wildman–Crippen MR) is 124 cm³/mol. The minimum absolute atomic E-state index is 0.237. The second-order valence-electron chi connectivity index (χ2n) is 8.24. The lowest BCUT2D eigenvalue weighted by Crippen LogP contribution is -2.50. The number of ether oxygens (including phenoxy) is 3. The smallest absolute Gasteiger partial charge is 0.257 e. The van der Waals surface area contributed by atoms with Crippen molar-refractivity contribution in [3.8, 4) is 17.2 Å². The first-order chi connectivity index (χ1) is 15.9. The second kappa shape index (κ2) is 9.61. The van der Waals surface area contributed by atoms with Gasteiger partial charge in [-0.2, -0.15) is 4.31 Å². The van der Waals surface area contributed by atoms with E-state index in [-0.39, 0.29) is 19.0 Å². The van der Waals surface area contributed by atoms with E-state index < -0.39 is 10.0 Å². The maximum atomic E-state index is 13.2. The number of hydrogen-bond donors (Lipinski definition) is 0. The SMILES string of the molecule is COc1cc(OC)c(C(=O)N2CCN(S(=O)(=O)c3ccc4c(c3)CCCC4)CC2)cc1OC. The summed E-state index contributed by atoms with van der Waals surface area (Å²) < 4.78 is 44.0. The van der Waals surface area contributed by atoms with Crippen molar-refractivity contribution in [2.45, 2.75) is 30.6 Å². The summed E-state index contributed by atoms with van der Waals surface area (Å²) in [6.45, 7) is 1.06. The van der Waals surface area contributed by atoms with E-state index in [1.165, 1.54) is 31.2 Å². The zero-order valence-electron chi connectivity index (χ0n) is 19.3. The van der Waals surface area contributed by atoms with E-state index in [2.05, 4.69) is 0 Å². The van der Waals surface area contributed by atoms with Crippen LogP contribution >= 0.6 is 0 Å². The predicted octanol–water partition coefficient (Wildman–Crippen LogP) is 2.74. The molecule has 0 spiro atoms. The Kier molecular flexibility index (Phi) is 6.81. The van der Waals surface area contributed by atoms with E-state index in [9.17, 15) is 13.2 Å². The molecule has 1 aliphatic carbocycles. The first-order valence-electron chi connectivity index (χ1n) is 11.1. The maximum Gasteiger partial charge on any atom is 0.257 e. The number of aryl methyl sites for hydroxylation is 2. The van der Waals surface area contributed by atoms with Gasteiger partial charge in [-0.3, -0.25) is 4.79 Å². The number of carbonyl (C=O) groups is 1. The van der Waals surface area contributed by atoms with Gasteiger partial charge in [0.25, 0.3) is 5.91 Å². The number of rotatable bonds is 6. The number of amides is 1. The van der Waals surface area contributed by atoms with Gasteiger partial charge in [-0.15, -0.1) is 0 Å². The molecule has 0 aromatic heterocycles. The second-order valence-corrected chi connectivity index (χ2v) is 10.2. The fraction of sp³-hybridized carbons (Fsp3) is 0.458. The molecule has 1 fully saturated rings. The zero-order valence-corrected chi connectivity index (χ0v) is 20.1. The summed E-state index contributed by atoms with van der Waals surface area (Å²) in [4.78, 5) is 15.2. The van der Waals surface area contributed by atoms with Crippen LogP contribution in [0.15, 0.2) is 35.2 Å². The average Bonchev–Trinajstić information content (AvgIpc) is 2.87. The number of nitrogens with zero attached hydrogens (tertiary/aromatic N) is 2. The molecule has 33 heavy (non-hydrogen) atoms. The van der Waals surface area contributed by atoms with E-state index in [4.69, 9.17) is 14.2 Å². The lowest BCUT2D eigenvalue weighted by atomic mass is 9.92. The number of sulfonamides is 1. The molecule has 178 valence electrons. The zero-order chi connectivity index (χ0) is 23.6. The molecule has 0 atom stereocenters. The van der Waals surface area contributed by atoms with Crippen LogP contribution in [0.1, 0.15) is 34.3 Å². The fourth-order valence-corrected chi connectivity index (χ4v) is 5.99. The third-order valence-electron chi connectivity index (χ3n) is 6.42. The third kappa shape index (κ3) is 4.52. The van der Waals surface area contributed by atoms with Gasteiger partial charge in [0.15, 0.2) is 11.5 Å². The summed E-state index contributed by atoms with van der Waals surface area (Å²) in [6.07, 6.45) is 4.18. The monoisotopic (exact) mass is 474 g/mol. The third-order valence-corrected chi connectivity index (χ3v) is 8.31. The molecule has 2 aliphatic rings. The maximum absolute atomic E-state index is 13.2. The van der Waals surface area contributed by atoms with Crippen molar-refractivity contribution in [1.82, 2.24) is 9.21 Å². The van der Waals surface area contributed by atoms with E-state index in [0.29, 0.717) is 40.8 Å². The first-order valence-corrected chi connectivity index (χ1v) is 12.5. The minimum Gasteiger partial charge on any atom is -0.496 e. The van der Waals surface area contributed by atoms with Crippen LogP contribution in [-0.4, -0.2) is 71.0 Å². The quantitative estimate of drug-likeness (QED) is 0.640. The standard InChI is InChI=1S/C24H30N2O6S/c1-30-21-16-23(32-3)22(31-2)15-20(21)24(27)25-10-12-26(13-11-25)33(28,29)19-9-8-17-6-4-5-7-18(17)14-19/h8-9,14-16H,4-7,10-13H2,1-3H3. The minimum atomic E-state index is -3.61. The summed E-state index contributed by atoms with van der Waals surface area (Å²) >= 11 is 0. The molecule has 1 heterocycles. The Bertz CT molecular complexity index is 1140. The van der Waals surface area contributed by atoms with Crippen LogP contribution in [0.25, 0.3) is 0 Å². The van der Waals surface area contributed by atoms with Crippen molar-refractivity contribution in [1.29, 1.82) is 0 Å². The summed E-state index contributed by atoms with van der Waals surface area (Å²) in [6, 6.07) is 8.70. The van der Waals surface area contributed by atoms with Gasteiger partial charge in [0, 0.05) is 38.3 Å². The van der Waals surface area contributed by atoms with E-state index in [1.54, 1.807) is 23.1 Å². The van der Waals surface area contributed by atoms with Crippen molar-refractivity contribution in [2.24, 2.45) is 0 Å². The van der Waals surface area contributed by atoms with Crippen LogP contribution < -0.4 is 14.2 Å². The Hall–Kier alpha value is -2.78. The highest BCUT2D eigenvalue weighted by molar-refractivity contribution is 7.89. The van der Waals surface area contributed by atoms with Gasteiger partial charge < -0.3 is 19.1 Å². The molecule has 2 aromatic carbocycles. The molecule has 1 aliphatic heterocycles. The van der Waals surface area contributed by atoms with Crippen LogP contribution in [-0.2, 0) is 22.9 Å².